The maximum absolute atomic E-state index is 12.9. The lowest BCUT2D eigenvalue weighted by molar-refractivity contribution is -0.137. The van der Waals surface area contributed by atoms with E-state index in [1.807, 2.05) is 24.3 Å². The van der Waals surface area contributed by atoms with E-state index in [1.54, 1.807) is 13.0 Å². The quantitative estimate of drug-likeness (QED) is 0.547. The second kappa shape index (κ2) is 7.80. The van der Waals surface area contributed by atoms with Crippen LogP contribution in [-0.4, -0.2) is 28.6 Å². The van der Waals surface area contributed by atoms with Gasteiger partial charge in [0.2, 0.25) is 0 Å². The number of carboxylic acid groups (broad SMARTS) is 1. The summed E-state index contributed by atoms with van der Waals surface area (Å²) in [6.07, 6.45) is -2.37. The third-order valence-electron chi connectivity index (χ3n) is 5.10. The minimum absolute atomic E-state index is 0.0253. The monoisotopic (exact) mass is 389 g/mol. The van der Waals surface area contributed by atoms with Crippen LogP contribution in [0.1, 0.15) is 42.1 Å². The van der Waals surface area contributed by atoms with Gasteiger partial charge >= 0.3 is 12.1 Å². The van der Waals surface area contributed by atoms with Crippen LogP contribution < -0.4 is 0 Å². The molecule has 1 fully saturated rings. The summed E-state index contributed by atoms with van der Waals surface area (Å²) in [6.45, 7) is 4.57. The summed E-state index contributed by atoms with van der Waals surface area (Å²) in [5.74, 6) is -0.975. The van der Waals surface area contributed by atoms with Gasteiger partial charge in [-0.05, 0) is 54.7 Å². The van der Waals surface area contributed by atoms with Crippen molar-refractivity contribution in [3.8, 4) is 0 Å². The molecule has 2 aromatic rings. The highest BCUT2D eigenvalue weighted by Gasteiger charge is 2.40. The normalized spacial score (nSPS) is 20.7. The zero-order valence-corrected chi connectivity index (χ0v) is 15.7. The molecule has 2 aromatic carbocycles. The van der Waals surface area contributed by atoms with Crippen molar-refractivity contribution in [3.05, 3.63) is 76.9 Å². The summed E-state index contributed by atoms with van der Waals surface area (Å²) in [4.78, 5) is 12.9. The van der Waals surface area contributed by atoms with Gasteiger partial charge in [0.15, 0.2) is 0 Å². The maximum Gasteiger partial charge on any atom is 0.416 e. The fraction of sp³-hybridized carbons (Fsp3) is 0.318. The Morgan fingerprint density at radius 2 is 1.93 bits per heavy atom. The Balaban J connectivity index is 1.62. The van der Waals surface area contributed by atoms with Gasteiger partial charge < -0.3 is 5.11 Å². The topological polar surface area (TPSA) is 40.3 Å². The van der Waals surface area contributed by atoms with Crippen LogP contribution >= 0.6 is 0 Å². The van der Waals surface area contributed by atoms with Crippen molar-refractivity contribution in [1.82, 2.24) is 4.90 Å². The molecule has 3 nitrogen and oxygen atoms in total. The van der Waals surface area contributed by atoms with Gasteiger partial charge in [-0.1, -0.05) is 36.4 Å². The summed E-state index contributed by atoms with van der Waals surface area (Å²) in [7, 11) is 0. The van der Waals surface area contributed by atoms with Crippen molar-refractivity contribution in [1.29, 1.82) is 0 Å². The summed E-state index contributed by atoms with van der Waals surface area (Å²) in [5, 5.41) is 8.82. The first-order valence-electron chi connectivity index (χ1n) is 9.08. The van der Waals surface area contributed by atoms with Crippen molar-refractivity contribution in [2.75, 3.05) is 6.54 Å². The molecule has 0 aliphatic carbocycles. The average Bonchev–Trinajstić information content (AvgIpc) is 3.42. The van der Waals surface area contributed by atoms with Gasteiger partial charge in [-0.2, -0.15) is 13.2 Å². The zero-order chi connectivity index (χ0) is 20.5. The van der Waals surface area contributed by atoms with E-state index in [9.17, 15) is 18.0 Å². The van der Waals surface area contributed by atoms with E-state index >= 15 is 0 Å². The van der Waals surface area contributed by atoms with Gasteiger partial charge in [-0.25, -0.2) is 4.79 Å². The first-order chi connectivity index (χ1) is 13.1. The molecule has 1 N–H and O–H groups in total. The van der Waals surface area contributed by atoms with Crippen molar-refractivity contribution in [2.24, 2.45) is 0 Å². The molecule has 6 heteroatoms. The molecular formula is C22H22F3NO2. The maximum atomic E-state index is 12.9. The van der Waals surface area contributed by atoms with Gasteiger partial charge in [0, 0.05) is 24.7 Å². The number of hydrogen-bond donors (Lipinski definition) is 1. The molecule has 0 aromatic heterocycles. The molecule has 0 amide bonds. The van der Waals surface area contributed by atoms with Gasteiger partial charge in [-0.3, -0.25) is 4.90 Å². The summed E-state index contributed by atoms with van der Waals surface area (Å²) >= 11 is 0. The summed E-state index contributed by atoms with van der Waals surface area (Å²) in [6, 6.07) is 13.5. The number of alkyl halides is 3. The van der Waals surface area contributed by atoms with Crippen molar-refractivity contribution < 1.29 is 23.1 Å². The number of carboxylic acids is 1. The van der Waals surface area contributed by atoms with E-state index in [0.717, 1.165) is 30.2 Å². The van der Waals surface area contributed by atoms with Gasteiger partial charge in [0.1, 0.15) is 0 Å². The van der Waals surface area contributed by atoms with Crippen LogP contribution in [0.2, 0.25) is 0 Å². The lowest BCUT2D eigenvalue weighted by Gasteiger charge is -2.15. The summed E-state index contributed by atoms with van der Waals surface area (Å²) in [5.41, 5.74) is 2.74. The zero-order valence-electron chi connectivity index (χ0n) is 15.7. The molecule has 1 aliphatic rings. The minimum Gasteiger partial charge on any atom is -0.478 e. The molecule has 0 saturated carbocycles. The van der Waals surface area contributed by atoms with Gasteiger partial charge in [-0.15, -0.1) is 0 Å². The van der Waals surface area contributed by atoms with Crippen LogP contribution in [0.4, 0.5) is 13.2 Å². The average molecular weight is 389 g/mol. The molecule has 1 unspecified atom stereocenters. The number of allylic oxidation sites excluding steroid dienone is 1. The fourth-order valence-electron chi connectivity index (χ4n) is 3.49. The molecule has 1 saturated heterocycles. The first-order valence-corrected chi connectivity index (χ1v) is 9.08. The van der Waals surface area contributed by atoms with Gasteiger partial charge in [0.05, 0.1) is 5.56 Å². The molecule has 0 radical (unpaired) electrons. The van der Waals surface area contributed by atoms with E-state index in [4.69, 9.17) is 5.11 Å². The molecule has 0 spiro atoms. The highest BCUT2D eigenvalue weighted by Crippen LogP contribution is 2.40. The van der Waals surface area contributed by atoms with E-state index < -0.39 is 17.7 Å². The predicted octanol–water partition coefficient (Wildman–Crippen LogP) is 5.18. The van der Waals surface area contributed by atoms with E-state index in [0.29, 0.717) is 11.1 Å². The number of benzene rings is 2. The third-order valence-corrected chi connectivity index (χ3v) is 5.10. The number of nitrogens with zero attached hydrogens (tertiary/aromatic N) is 1. The molecule has 148 valence electrons. The molecular weight excluding hydrogens is 367 g/mol. The Morgan fingerprint density at radius 1 is 1.25 bits per heavy atom. The Hall–Kier alpha value is -2.60. The smallest absolute Gasteiger partial charge is 0.416 e. The highest BCUT2D eigenvalue weighted by atomic mass is 19.4. The predicted molar refractivity (Wildman–Crippen MR) is 102 cm³/mol. The Morgan fingerprint density at radius 3 is 2.54 bits per heavy atom. The number of halogens is 3. The second-order valence-corrected chi connectivity index (χ2v) is 7.25. The molecule has 3 rings (SSSR count). The van der Waals surface area contributed by atoms with Gasteiger partial charge in [0.25, 0.3) is 0 Å². The van der Waals surface area contributed by atoms with Crippen LogP contribution in [0, 0.1) is 0 Å². The second-order valence-electron chi connectivity index (χ2n) is 7.25. The van der Waals surface area contributed by atoms with Crippen LogP contribution in [0.3, 0.4) is 0 Å². The molecule has 1 heterocycles. The number of carbonyl (C=O) groups is 1. The van der Waals surface area contributed by atoms with E-state index in [-0.39, 0.29) is 12.1 Å². The number of hydrogen-bond acceptors (Lipinski definition) is 2. The van der Waals surface area contributed by atoms with Crippen LogP contribution in [-0.2, 0) is 17.4 Å². The number of aliphatic carboxylic acids is 1. The lowest BCUT2D eigenvalue weighted by Crippen LogP contribution is -2.18. The Bertz CT molecular complexity index is 887. The minimum atomic E-state index is -4.32. The number of rotatable bonds is 6. The molecule has 1 aliphatic heterocycles. The van der Waals surface area contributed by atoms with Crippen molar-refractivity contribution in [2.45, 2.75) is 38.5 Å². The third kappa shape index (κ3) is 4.81. The van der Waals surface area contributed by atoms with Crippen molar-refractivity contribution >= 4 is 11.5 Å². The lowest BCUT2D eigenvalue weighted by atomic mass is 10.0. The van der Waals surface area contributed by atoms with E-state index in [1.165, 1.54) is 18.2 Å². The van der Waals surface area contributed by atoms with Crippen molar-refractivity contribution in [3.63, 3.8) is 0 Å². The molecule has 3 atom stereocenters. The van der Waals surface area contributed by atoms with Crippen LogP contribution in [0.15, 0.2) is 54.6 Å². The largest absolute Gasteiger partial charge is 0.478 e. The van der Waals surface area contributed by atoms with Crippen LogP contribution in [0.25, 0.3) is 5.57 Å². The summed E-state index contributed by atoms with van der Waals surface area (Å²) < 4.78 is 38.7. The van der Waals surface area contributed by atoms with Crippen LogP contribution in [0.5, 0.6) is 0 Å². The first kappa shape index (κ1) is 20.1. The Kier molecular flexibility index (Phi) is 5.61. The Labute approximate surface area is 162 Å². The highest BCUT2D eigenvalue weighted by molar-refractivity contribution is 5.89. The fourth-order valence-corrected chi connectivity index (χ4v) is 3.49. The molecule has 28 heavy (non-hydrogen) atoms. The van der Waals surface area contributed by atoms with E-state index in [2.05, 4.69) is 11.8 Å². The molecule has 0 bridgehead atoms. The standard InChI is InChI=1S/C22H22F3NO2/c1-14(10-21(27)28)17-8-6-16(7-9-17)11-15(2)26-13-20(26)18-4-3-5-19(12-18)22(23,24)25/h3-10,12,15,20H,11,13H2,1-2H3,(H,27,28)/t15-,20+,26?/m0/s1. The SMILES string of the molecule is CC(=CC(=O)O)c1ccc(C[C@H](C)N2C[C@@H]2c2cccc(C(F)(F)F)c2)cc1.